The van der Waals surface area contributed by atoms with Crippen molar-refractivity contribution < 1.29 is 14.0 Å². The number of nitrogens with one attached hydrogen (secondary N) is 1. The maximum Gasteiger partial charge on any atom is 0.232 e. The van der Waals surface area contributed by atoms with Crippen LogP contribution in [-0.4, -0.2) is 47.4 Å². The van der Waals surface area contributed by atoms with Gasteiger partial charge in [-0.2, -0.15) is 4.98 Å². The highest BCUT2D eigenvalue weighted by Crippen LogP contribution is 2.33. The van der Waals surface area contributed by atoms with E-state index in [1.165, 1.54) is 0 Å². The normalized spacial score (nSPS) is 20.5. The van der Waals surface area contributed by atoms with Gasteiger partial charge in [-0.15, -0.1) is 0 Å². The van der Waals surface area contributed by atoms with Crippen molar-refractivity contribution in [3.05, 3.63) is 29.9 Å². The van der Waals surface area contributed by atoms with E-state index < -0.39 is 0 Å². The van der Waals surface area contributed by atoms with Gasteiger partial charge in [-0.3, -0.25) is 4.90 Å². The zero-order valence-electron chi connectivity index (χ0n) is 16.3. The molecular formula is C20H28N4O3. The van der Waals surface area contributed by atoms with Crippen molar-refractivity contribution in [2.24, 2.45) is 0 Å². The number of nitrogens with zero attached hydrogens (tertiary/aromatic N) is 3. The molecule has 1 aromatic carbocycles. The fourth-order valence-corrected chi connectivity index (χ4v) is 3.51. The number of hydrogen-bond acceptors (Lipinski definition) is 7. The quantitative estimate of drug-likeness (QED) is 0.883. The van der Waals surface area contributed by atoms with Crippen LogP contribution in [0.3, 0.4) is 0 Å². The van der Waals surface area contributed by atoms with Gasteiger partial charge in [0.05, 0.1) is 6.54 Å². The molecule has 1 saturated heterocycles. The zero-order chi connectivity index (χ0) is 18.9. The van der Waals surface area contributed by atoms with Crippen LogP contribution in [0.25, 0.3) is 0 Å². The monoisotopic (exact) mass is 372 g/mol. The largest absolute Gasteiger partial charge is 0.486 e. The lowest BCUT2D eigenvalue weighted by molar-refractivity contribution is 0.171. The van der Waals surface area contributed by atoms with Crippen LogP contribution in [0.1, 0.15) is 45.3 Å². The number of likely N-dealkylation sites (tertiary alicyclic amines) is 1. The highest BCUT2D eigenvalue weighted by Gasteiger charge is 2.25. The topological polar surface area (TPSA) is 72.7 Å². The second-order valence-corrected chi connectivity index (χ2v) is 8.34. The van der Waals surface area contributed by atoms with Crippen LogP contribution >= 0.6 is 0 Å². The van der Waals surface area contributed by atoms with E-state index in [4.69, 9.17) is 14.0 Å². The summed E-state index contributed by atoms with van der Waals surface area (Å²) in [5.74, 6) is 3.10. The summed E-state index contributed by atoms with van der Waals surface area (Å²) in [6.45, 7) is 10.2. The van der Waals surface area contributed by atoms with Crippen molar-refractivity contribution >= 4 is 5.69 Å². The van der Waals surface area contributed by atoms with E-state index in [2.05, 4.69) is 47.2 Å². The van der Waals surface area contributed by atoms with Gasteiger partial charge in [-0.25, -0.2) is 0 Å². The van der Waals surface area contributed by atoms with Gasteiger partial charge in [-0.1, -0.05) is 25.9 Å². The smallest absolute Gasteiger partial charge is 0.232 e. The summed E-state index contributed by atoms with van der Waals surface area (Å²) in [7, 11) is 0. The first-order chi connectivity index (χ1) is 13.0. The lowest BCUT2D eigenvalue weighted by atomic mass is 9.97. The SMILES string of the molecule is CC(C)(C)c1nc(CN2CCC[C@H](Nc3ccc4c(c3)OCCO4)C2)no1. The Balaban J connectivity index is 1.36. The molecule has 7 heteroatoms. The Bertz CT molecular complexity index is 784. The third kappa shape index (κ3) is 4.35. The molecule has 3 heterocycles. The van der Waals surface area contributed by atoms with Crippen LogP contribution in [0.2, 0.25) is 0 Å². The highest BCUT2D eigenvalue weighted by molar-refractivity contribution is 5.55. The molecule has 0 amide bonds. The molecule has 1 atom stereocenters. The molecule has 0 radical (unpaired) electrons. The second-order valence-electron chi connectivity index (χ2n) is 8.34. The Kier molecular flexibility index (Phi) is 4.95. The maximum atomic E-state index is 5.68. The number of piperidine rings is 1. The van der Waals surface area contributed by atoms with E-state index in [1.54, 1.807) is 0 Å². The van der Waals surface area contributed by atoms with Gasteiger partial charge in [0.15, 0.2) is 17.3 Å². The number of fused-ring (bicyclic) bond motifs is 1. The van der Waals surface area contributed by atoms with Crippen molar-refractivity contribution in [1.82, 2.24) is 15.0 Å². The van der Waals surface area contributed by atoms with E-state index in [1.807, 2.05) is 12.1 Å². The first kappa shape index (κ1) is 18.1. The van der Waals surface area contributed by atoms with Gasteiger partial charge < -0.3 is 19.3 Å². The summed E-state index contributed by atoms with van der Waals surface area (Å²) >= 11 is 0. The average Bonchev–Trinajstić information content (AvgIpc) is 3.11. The van der Waals surface area contributed by atoms with E-state index in [-0.39, 0.29) is 5.41 Å². The summed E-state index contributed by atoms with van der Waals surface area (Å²) in [5, 5.41) is 7.79. The minimum Gasteiger partial charge on any atom is -0.486 e. The third-order valence-electron chi connectivity index (χ3n) is 4.89. The van der Waals surface area contributed by atoms with Crippen molar-refractivity contribution in [2.75, 3.05) is 31.6 Å². The fourth-order valence-electron chi connectivity index (χ4n) is 3.51. The van der Waals surface area contributed by atoms with E-state index in [0.717, 1.165) is 55.5 Å². The Labute approximate surface area is 160 Å². The molecule has 0 aliphatic carbocycles. The van der Waals surface area contributed by atoms with Crippen molar-refractivity contribution in [2.45, 2.75) is 51.6 Å². The molecule has 2 aromatic rings. The molecule has 1 fully saturated rings. The first-order valence-corrected chi connectivity index (χ1v) is 9.69. The number of anilines is 1. The van der Waals surface area contributed by atoms with Gasteiger partial charge in [0.2, 0.25) is 5.89 Å². The Morgan fingerprint density at radius 3 is 2.78 bits per heavy atom. The minimum absolute atomic E-state index is 0.116. The minimum atomic E-state index is -0.116. The van der Waals surface area contributed by atoms with Crippen molar-refractivity contribution in [1.29, 1.82) is 0 Å². The number of hydrogen-bond donors (Lipinski definition) is 1. The van der Waals surface area contributed by atoms with Gasteiger partial charge in [0.1, 0.15) is 13.2 Å². The molecule has 1 aromatic heterocycles. The number of aromatic nitrogens is 2. The van der Waals surface area contributed by atoms with Crippen LogP contribution in [0.5, 0.6) is 11.5 Å². The highest BCUT2D eigenvalue weighted by atomic mass is 16.6. The van der Waals surface area contributed by atoms with Crippen LogP contribution in [0, 0.1) is 0 Å². The Hall–Kier alpha value is -2.28. The summed E-state index contributed by atoms with van der Waals surface area (Å²) in [4.78, 5) is 6.95. The van der Waals surface area contributed by atoms with E-state index in [0.29, 0.717) is 25.1 Å². The van der Waals surface area contributed by atoms with Crippen LogP contribution < -0.4 is 14.8 Å². The first-order valence-electron chi connectivity index (χ1n) is 9.69. The molecule has 2 aliphatic heterocycles. The molecule has 4 rings (SSSR count). The molecule has 0 saturated carbocycles. The predicted octanol–water partition coefficient (Wildman–Crippen LogP) is 3.21. The third-order valence-corrected chi connectivity index (χ3v) is 4.89. The van der Waals surface area contributed by atoms with Gasteiger partial charge in [0.25, 0.3) is 0 Å². The number of rotatable bonds is 4. The standard InChI is InChI=1S/C20H28N4O3/c1-20(2,3)19-22-18(23-27-19)13-24-8-4-5-15(12-24)21-14-6-7-16-17(11-14)26-10-9-25-16/h6-7,11,15,21H,4-5,8-10,12-13H2,1-3H3/t15-/m0/s1. The second kappa shape index (κ2) is 7.38. The summed E-state index contributed by atoms with van der Waals surface area (Å²) in [6.07, 6.45) is 2.29. The van der Waals surface area contributed by atoms with Crippen LogP contribution in [-0.2, 0) is 12.0 Å². The summed E-state index contributed by atoms with van der Waals surface area (Å²) < 4.78 is 16.7. The van der Waals surface area contributed by atoms with Gasteiger partial charge in [0, 0.05) is 29.8 Å². The fraction of sp³-hybridized carbons (Fsp3) is 0.600. The molecule has 27 heavy (non-hydrogen) atoms. The van der Waals surface area contributed by atoms with Gasteiger partial charge >= 0.3 is 0 Å². The predicted molar refractivity (Wildman–Crippen MR) is 102 cm³/mol. The molecular weight excluding hydrogens is 344 g/mol. The summed E-state index contributed by atoms with van der Waals surface area (Å²) in [5.41, 5.74) is 0.954. The lowest BCUT2D eigenvalue weighted by Crippen LogP contribution is -2.41. The number of benzene rings is 1. The van der Waals surface area contributed by atoms with Crippen LogP contribution in [0.15, 0.2) is 22.7 Å². The zero-order valence-corrected chi connectivity index (χ0v) is 16.3. The summed E-state index contributed by atoms with van der Waals surface area (Å²) in [6, 6.07) is 6.45. The molecule has 7 nitrogen and oxygen atoms in total. The van der Waals surface area contributed by atoms with Crippen molar-refractivity contribution in [3.63, 3.8) is 0 Å². The Morgan fingerprint density at radius 2 is 2.00 bits per heavy atom. The van der Waals surface area contributed by atoms with E-state index >= 15 is 0 Å². The van der Waals surface area contributed by atoms with Crippen molar-refractivity contribution in [3.8, 4) is 11.5 Å². The van der Waals surface area contributed by atoms with E-state index in [9.17, 15) is 0 Å². The molecule has 1 N–H and O–H groups in total. The molecule has 0 bridgehead atoms. The lowest BCUT2D eigenvalue weighted by Gasteiger charge is -2.33. The molecule has 2 aliphatic rings. The average molecular weight is 372 g/mol. The Morgan fingerprint density at radius 1 is 1.19 bits per heavy atom. The van der Waals surface area contributed by atoms with Gasteiger partial charge in [-0.05, 0) is 31.5 Å². The number of ether oxygens (including phenoxy) is 2. The molecule has 146 valence electrons. The molecule has 0 spiro atoms. The van der Waals surface area contributed by atoms with Crippen LogP contribution in [0.4, 0.5) is 5.69 Å². The molecule has 0 unspecified atom stereocenters. The maximum absolute atomic E-state index is 5.68.